The monoisotopic (exact) mass is 371 g/mol. The van der Waals surface area contributed by atoms with E-state index in [-0.39, 0.29) is 0 Å². The van der Waals surface area contributed by atoms with Crippen molar-refractivity contribution in [3.8, 4) is 0 Å². The second-order valence-electron chi connectivity index (χ2n) is 6.40. The van der Waals surface area contributed by atoms with Crippen LogP contribution < -0.4 is 0 Å². The maximum absolute atomic E-state index is 5.67. The normalized spacial score (nSPS) is 14.0. The second kappa shape index (κ2) is 9.05. The summed E-state index contributed by atoms with van der Waals surface area (Å²) in [4.78, 5) is 4.80. The molecule has 0 atom stereocenters. The van der Waals surface area contributed by atoms with Crippen molar-refractivity contribution in [1.29, 1.82) is 0 Å². The van der Waals surface area contributed by atoms with Crippen LogP contribution in [0.1, 0.15) is 29.2 Å². The van der Waals surface area contributed by atoms with E-state index in [4.69, 9.17) is 14.5 Å². The number of methoxy groups -OCH3 is 2. The van der Waals surface area contributed by atoms with Gasteiger partial charge in [-0.15, -0.1) is 0 Å². The quantitative estimate of drug-likeness (QED) is 0.491. The average molecular weight is 371 g/mol. The standard InChI is InChI=1S/C25H25NO2/c1-5-19(12-11-18(2)27-3)22-14-13-20-15-16-24(21-9-7-6-8-10-21)26-25(28-4)23(20)17-22/h5-14,16-17H,2,15H2,1,3-4H3. The van der Waals surface area contributed by atoms with Gasteiger partial charge in [-0.25, -0.2) is 4.99 Å². The van der Waals surface area contributed by atoms with Gasteiger partial charge >= 0.3 is 0 Å². The zero-order valence-corrected chi connectivity index (χ0v) is 16.6. The molecule has 1 aliphatic heterocycles. The van der Waals surface area contributed by atoms with Gasteiger partial charge < -0.3 is 9.47 Å². The van der Waals surface area contributed by atoms with Gasteiger partial charge in [-0.3, -0.25) is 0 Å². The van der Waals surface area contributed by atoms with Crippen LogP contribution in [0.5, 0.6) is 0 Å². The largest absolute Gasteiger partial charge is 0.497 e. The molecular weight excluding hydrogens is 346 g/mol. The Labute approximate surface area is 167 Å². The Kier molecular flexibility index (Phi) is 6.28. The minimum atomic E-state index is 0.616. The van der Waals surface area contributed by atoms with E-state index < -0.39 is 0 Å². The molecular formula is C25H25NO2. The fraction of sp³-hybridized carbons (Fsp3) is 0.160. The summed E-state index contributed by atoms with van der Waals surface area (Å²) in [5, 5.41) is 0. The number of benzene rings is 2. The fourth-order valence-electron chi connectivity index (χ4n) is 3.11. The van der Waals surface area contributed by atoms with Crippen LogP contribution in [-0.2, 0) is 15.9 Å². The lowest BCUT2D eigenvalue weighted by molar-refractivity contribution is 0.309. The van der Waals surface area contributed by atoms with Crippen LogP contribution in [0.3, 0.4) is 0 Å². The smallest absolute Gasteiger partial charge is 0.221 e. The highest BCUT2D eigenvalue weighted by molar-refractivity contribution is 6.00. The predicted octanol–water partition coefficient (Wildman–Crippen LogP) is 5.80. The zero-order chi connectivity index (χ0) is 19.9. The van der Waals surface area contributed by atoms with Crippen LogP contribution in [0.25, 0.3) is 11.3 Å². The summed E-state index contributed by atoms with van der Waals surface area (Å²) < 4.78 is 10.8. The van der Waals surface area contributed by atoms with Gasteiger partial charge in [0.05, 0.1) is 19.9 Å². The van der Waals surface area contributed by atoms with Crippen LogP contribution in [0.4, 0.5) is 0 Å². The van der Waals surface area contributed by atoms with Crippen LogP contribution in [-0.4, -0.2) is 20.1 Å². The number of fused-ring (bicyclic) bond motifs is 1. The van der Waals surface area contributed by atoms with Gasteiger partial charge in [0.15, 0.2) is 0 Å². The fourth-order valence-corrected chi connectivity index (χ4v) is 3.11. The van der Waals surface area contributed by atoms with Crippen molar-refractivity contribution < 1.29 is 9.47 Å². The molecule has 2 aromatic rings. The highest BCUT2D eigenvalue weighted by Crippen LogP contribution is 2.27. The van der Waals surface area contributed by atoms with E-state index in [1.54, 1.807) is 14.2 Å². The summed E-state index contributed by atoms with van der Waals surface area (Å²) in [7, 11) is 3.28. The molecule has 0 radical (unpaired) electrons. The Balaban J connectivity index is 2.00. The molecule has 28 heavy (non-hydrogen) atoms. The molecule has 0 unspecified atom stereocenters. The number of aliphatic imine (C=N–C) groups is 1. The number of allylic oxidation sites excluding steroid dienone is 5. The van der Waals surface area contributed by atoms with Gasteiger partial charge in [0, 0.05) is 5.56 Å². The number of hydrogen-bond acceptors (Lipinski definition) is 3. The van der Waals surface area contributed by atoms with E-state index in [1.807, 2.05) is 37.3 Å². The van der Waals surface area contributed by atoms with E-state index in [9.17, 15) is 0 Å². The van der Waals surface area contributed by atoms with Crippen molar-refractivity contribution in [3.05, 3.63) is 107 Å². The molecule has 0 aromatic heterocycles. The Bertz CT molecular complexity index is 979. The highest BCUT2D eigenvalue weighted by Gasteiger charge is 2.16. The molecule has 3 heteroatoms. The SMILES string of the molecule is C=C(C=CC(=CC)c1ccc2c(c1)C(OC)=NC(c1ccccc1)=CC2)OC. The van der Waals surface area contributed by atoms with Gasteiger partial charge in [0.25, 0.3) is 0 Å². The van der Waals surface area contributed by atoms with E-state index in [0.717, 1.165) is 34.4 Å². The second-order valence-corrected chi connectivity index (χ2v) is 6.40. The summed E-state index contributed by atoms with van der Waals surface area (Å²) in [6.07, 6.45) is 8.88. The van der Waals surface area contributed by atoms with Crippen molar-refractivity contribution in [2.75, 3.05) is 14.2 Å². The molecule has 1 heterocycles. The first kappa shape index (κ1) is 19.4. The maximum Gasteiger partial charge on any atom is 0.221 e. The third kappa shape index (κ3) is 4.32. The first-order chi connectivity index (χ1) is 13.7. The Morgan fingerprint density at radius 2 is 1.86 bits per heavy atom. The van der Waals surface area contributed by atoms with Crippen molar-refractivity contribution in [2.24, 2.45) is 4.99 Å². The van der Waals surface area contributed by atoms with Gasteiger partial charge in [-0.05, 0) is 47.8 Å². The average Bonchev–Trinajstić information content (AvgIpc) is 2.93. The van der Waals surface area contributed by atoms with E-state index in [0.29, 0.717) is 11.7 Å². The molecule has 0 spiro atoms. The van der Waals surface area contributed by atoms with Crippen molar-refractivity contribution >= 4 is 17.2 Å². The van der Waals surface area contributed by atoms with Gasteiger partial charge in [-0.1, -0.05) is 67.3 Å². The van der Waals surface area contributed by atoms with Crippen LogP contribution in [0, 0.1) is 0 Å². The molecule has 0 N–H and O–H groups in total. The minimum Gasteiger partial charge on any atom is -0.497 e. The molecule has 3 nitrogen and oxygen atoms in total. The van der Waals surface area contributed by atoms with Gasteiger partial charge in [0.1, 0.15) is 5.76 Å². The highest BCUT2D eigenvalue weighted by atomic mass is 16.5. The zero-order valence-electron chi connectivity index (χ0n) is 16.6. The Hall–Kier alpha value is -3.33. The van der Waals surface area contributed by atoms with Gasteiger partial charge in [0.2, 0.25) is 5.90 Å². The number of rotatable bonds is 5. The predicted molar refractivity (Wildman–Crippen MR) is 117 cm³/mol. The van der Waals surface area contributed by atoms with E-state index in [2.05, 4.69) is 49.1 Å². The van der Waals surface area contributed by atoms with E-state index >= 15 is 0 Å². The molecule has 142 valence electrons. The third-order valence-corrected chi connectivity index (χ3v) is 4.70. The molecule has 0 aliphatic carbocycles. The van der Waals surface area contributed by atoms with Gasteiger partial charge in [-0.2, -0.15) is 0 Å². The molecule has 0 fully saturated rings. The molecule has 0 saturated carbocycles. The topological polar surface area (TPSA) is 30.8 Å². The van der Waals surface area contributed by atoms with E-state index in [1.165, 1.54) is 5.56 Å². The van der Waals surface area contributed by atoms with Crippen molar-refractivity contribution in [2.45, 2.75) is 13.3 Å². The minimum absolute atomic E-state index is 0.616. The third-order valence-electron chi connectivity index (χ3n) is 4.70. The lowest BCUT2D eigenvalue weighted by atomic mass is 9.97. The van der Waals surface area contributed by atoms with Crippen molar-refractivity contribution in [3.63, 3.8) is 0 Å². The van der Waals surface area contributed by atoms with Crippen molar-refractivity contribution in [1.82, 2.24) is 0 Å². The molecule has 1 aliphatic rings. The lowest BCUT2D eigenvalue weighted by Gasteiger charge is -2.11. The molecule has 0 bridgehead atoms. The summed E-state index contributed by atoms with van der Waals surface area (Å²) in [5.41, 5.74) is 6.39. The summed E-state index contributed by atoms with van der Waals surface area (Å²) in [6, 6.07) is 16.6. The molecule has 0 saturated heterocycles. The number of ether oxygens (including phenoxy) is 2. The van der Waals surface area contributed by atoms with Crippen LogP contribution in [0.15, 0.2) is 90.2 Å². The first-order valence-corrected chi connectivity index (χ1v) is 9.25. The maximum atomic E-state index is 5.67. The Morgan fingerprint density at radius 3 is 2.54 bits per heavy atom. The summed E-state index contributed by atoms with van der Waals surface area (Å²) in [6.45, 7) is 5.85. The molecule has 0 amide bonds. The first-order valence-electron chi connectivity index (χ1n) is 9.25. The van der Waals surface area contributed by atoms with Crippen LogP contribution in [0.2, 0.25) is 0 Å². The molecule has 2 aromatic carbocycles. The van der Waals surface area contributed by atoms with Crippen LogP contribution >= 0.6 is 0 Å². The molecule has 3 rings (SSSR count). The lowest BCUT2D eigenvalue weighted by Crippen LogP contribution is -2.07. The Morgan fingerprint density at radius 1 is 1.07 bits per heavy atom. The number of nitrogens with zero attached hydrogens (tertiary/aromatic N) is 1. The number of hydrogen-bond donors (Lipinski definition) is 0. The summed E-state index contributed by atoms with van der Waals surface area (Å²) in [5.74, 6) is 1.25. The summed E-state index contributed by atoms with van der Waals surface area (Å²) >= 11 is 0.